The fourth-order valence-electron chi connectivity index (χ4n) is 5.12. The van der Waals surface area contributed by atoms with E-state index in [1.165, 1.54) is 18.1 Å². The Morgan fingerprint density at radius 3 is 3.03 bits per heavy atom. The molecule has 1 aliphatic heterocycles. The third-order valence-electron chi connectivity index (χ3n) is 6.57. The molecule has 2 aliphatic carbocycles. The Kier molecular flexibility index (Phi) is 4.86. The molecule has 1 aromatic heterocycles. The number of rotatable bonds is 5. The summed E-state index contributed by atoms with van der Waals surface area (Å²) in [5.74, 6) is 3.21. The number of benzene rings is 1. The molecule has 152 valence electrons. The lowest BCUT2D eigenvalue weighted by Gasteiger charge is -2.20. The molecule has 5 rings (SSSR count). The van der Waals surface area contributed by atoms with Crippen molar-refractivity contribution in [3.8, 4) is 0 Å². The number of halogens is 1. The summed E-state index contributed by atoms with van der Waals surface area (Å²) < 4.78 is 14.0. The van der Waals surface area contributed by atoms with Crippen molar-refractivity contribution in [1.82, 2.24) is 15.6 Å². The Balaban J connectivity index is 1.19. The van der Waals surface area contributed by atoms with Crippen molar-refractivity contribution in [3.63, 3.8) is 0 Å². The molecular weight excluding hydrogens is 365 g/mol. The normalized spacial score (nSPS) is 27.5. The maximum atomic E-state index is 14.0. The van der Waals surface area contributed by atoms with Crippen molar-refractivity contribution in [2.75, 3.05) is 31.1 Å². The number of hydrogen-bond acceptors (Lipinski definition) is 3. The molecule has 0 radical (unpaired) electrons. The highest BCUT2D eigenvalue weighted by molar-refractivity contribution is 5.80. The maximum Gasteiger partial charge on any atom is 0.191 e. The second-order valence-corrected chi connectivity index (χ2v) is 8.36. The predicted octanol–water partition coefficient (Wildman–Crippen LogP) is 2.94. The van der Waals surface area contributed by atoms with Crippen molar-refractivity contribution in [1.29, 1.82) is 0 Å². The molecular formula is C23H28FN5. The van der Waals surface area contributed by atoms with E-state index in [1.807, 2.05) is 4.90 Å². The van der Waals surface area contributed by atoms with E-state index in [1.54, 1.807) is 17.8 Å². The maximum absolute atomic E-state index is 14.0. The molecule has 6 heteroatoms. The van der Waals surface area contributed by atoms with Crippen molar-refractivity contribution in [2.24, 2.45) is 16.8 Å². The molecule has 2 N–H and O–H groups in total. The van der Waals surface area contributed by atoms with Gasteiger partial charge in [0.2, 0.25) is 0 Å². The van der Waals surface area contributed by atoms with Crippen LogP contribution >= 0.6 is 0 Å². The lowest BCUT2D eigenvalue weighted by atomic mass is 10.0. The van der Waals surface area contributed by atoms with Gasteiger partial charge in [-0.25, -0.2) is 9.37 Å². The molecule has 1 saturated heterocycles. The number of guanidine groups is 1. The molecule has 1 saturated carbocycles. The van der Waals surface area contributed by atoms with Crippen LogP contribution in [0.4, 0.5) is 10.2 Å². The van der Waals surface area contributed by atoms with Crippen molar-refractivity contribution in [3.05, 3.63) is 59.5 Å². The van der Waals surface area contributed by atoms with E-state index in [4.69, 9.17) is 4.99 Å². The smallest absolute Gasteiger partial charge is 0.191 e. The van der Waals surface area contributed by atoms with Gasteiger partial charge in [-0.15, -0.1) is 0 Å². The zero-order valence-electron chi connectivity index (χ0n) is 16.8. The summed E-state index contributed by atoms with van der Waals surface area (Å²) in [6, 6.07) is 12.2. The highest BCUT2D eigenvalue weighted by Gasteiger charge is 2.54. The second-order valence-electron chi connectivity index (χ2n) is 8.36. The number of anilines is 1. The van der Waals surface area contributed by atoms with Crippen molar-refractivity contribution in [2.45, 2.75) is 31.7 Å². The van der Waals surface area contributed by atoms with Gasteiger partial charge in [0, 0.05) is 38.4 Å². The second kappa shape index (κ2) is 7.65. The number of nitrogens with one attached hydrogen (secondary N) is 2. The van der Waals surface area contributed by atoms with E-state index in [9.17, 15) is 4.39 Å². The van der Waals surface area contributed by atoms with E-state index >= 15 is 0 Å². The Labute approximate surface area is 171 Å². The third-order valence-corrected chi connectivity index (χ3v) is 6.57. The largest absolute Gasteiger partial charge is 0.357 e. The molecule has 4 atom stereocenters. The van der Waals surface area contributed by atoms with Gasteiger partial charge in [0.05, 0.1) is 0 Å². The molecule has 0 spiro atoms. The van der Waals surface area contributed by atoms with Crippen LogP contribution < -0.4 is 15.5 Å². The Morgan fingerprint density at radius 1 is 1.28 bits per heavy atom. The minimum Gasteiger partial charge on any atom is -0.357 e. The summed E-state index contributed by atoms with van der Waals surface area (Å²) in [5, 5.41) is 6.93. The standard InChI is InChI=1S/C23H28FN5/c1-2-25-23(27-13-19-18-12-15-6-3-4-7-17(15)21(18)19)28-16-9-11-29(14-16)22-20(24)8-5-10-26-22/h3-8,10,16,18-19,21H,2,9,11-14H2,1H3,(H2,25,27,28). The van der Waals surface area contributed by atoms with Gasteiger partial charge in [0.1, 0.15) is 0 Å². The summed E-state index contributed by atoms with van der Waals surface area (Å²) in [4.78, 5) is 11.1. The first-order valence-corrected chi connectivity index (χ1v) is 10.7. The fraction of sp³-hybridized carbons (Fsp3) is 0.478. The predicted molar refractivity (Wildman–Crippen MR) is 114 cm³/mol. The van der Waals surface area contributed by atoms with Crippen LogP contribution in [-0.2, 0) is 6.42 Å². The monoisotopic (exact) mass is 393 g/mol. The van der Waals surface area contributed by atoms with Crippen molar-refractivity contribution < 1.29 is 4.39 Å². The lowest BCUT2D eigenvalue weighted by molar-refractivity contribution is 0.612. The molecule has 29 heavy (non-hydrogen) atoms. The topological polar surface area (TPSA) is 52.6 Å². The fourth-order valence-corrected chi connectivity index (χ4v) is 5.12. The van der Waals surface area contributed by atoms with Crippen LogP contribution in [0.5, 0.6) is 0 Å². The summed E-state index contributed by atoms with van der Waals surface area (Å²) in [7, 11) is 0. The lowest BCUT2D eigenvalue weighted by Crippen LogP contribution is -2.44. The van der Waals surface area contributed by atoms with Gasteiger partial charge >= 0.3 is 0 Å². The molecule has 5 nitrogen and oxygen atoms in total. The van der Waals surface area contributed by atoms with E-state index in [0.29, 0.717) is 17.7 Å². The highest BCUT2D eigenvalue weighted by atomic mass is 19.1. The van der Waals surface area contributed by atoms with E-state index in [-0.39, 0.29) is 11.9 Å². The summed E-state index contributed by atoms with van der Waals surface area (Å²) in [6.07, 6.45) is 3.80. The highest BCUT2D eigenvalue weighted by Crippen LogP contribution is 2.61. The minimum absolute atomic E-state index is 0.244. The van der Waals surface area contributed by atoms with E-state index in [2.05, 4.69) is 46.8 Å². The summed E-state index contributed by atoms with van der Waals surface area (Å²) >= 11 is 0. The molecule has 3 aliphatic rings. The third kappa shape index (κ3) is 3.56. The average Bonchev–Trinajstić information content (AvgIpc) is 3.04. The van der Waals surface area contributed by atoms with Gasteiger partial charge in [-0.3, -0.25) is 4.99 Å². The van der Waals surface area contributed by atoms with Gasteiger partial charge in [-0.05, 0) is 60.8 Å². The first-order chi connectivity index (χ1) is 14.2. The summed E-state index contributed by atoms with van der Waals surface area (Å²) in [5.41, 5.74) is 3.07. The van der Waals surface area contributed by atoms with Gasteiger partial charge < -0.3 is 15.5 Å². The molecule has 1 aromatic carbocycles. The zero-order chi connectivity index (χ0) is 19.8. The van der Waals surface area contributed by atoms with Crippen LogP contribution in [0.2, 0.25) is 0 Å². The van der Waals surface area contributed by atoms with Gasteiger partial charge in [0.15, 0.2) is 17.6 Å². The molecule has 2 fully saturated rings. The van der Waals surface area contributed by atoms with Crippen LogP contribution in [0.1, 0.15) is 30.4 Å². The SMILES string of the molecule is CCNC(=NCC1C2Cc3ccccc3C12)NC1CCN(c2ncccc2F)C1. The minimum atomic E-state index is -0.255. The van der Waals surface area contributed by atoms with E-state index in [0.717, 1.165) is 44.5 Å². The van der Waals surface area contributed by atoms with Crippen LogP contribution in [0.15, 0.2) is 47.6 Å². The Bertz CT molecular complexity index is 914. The molecule has 4 unspecified atom stereocenters. The average molecular weight is 394 g/mol. The van der Waals surface area contributed by atoms with Crippen LogP contribution in [-0.4, -0.2) is 43.2 Å². The van der Waals surface area contributed by atoms with Crippen molar-refractivity contribution >= 4 is 11.8 Å². The molecule has 0 bridgehead atoms. The first kappa shape index (κ1) is 18.4. The van der Waals surface area contributed by atoms with Crippen LogP contribution in [0.25, 0.3) is 0 Å². The quantitative estimate of drug-likeness (QED) is 0.606. The number of aromatic nitrogens is 1. The van der Waals surface area contributed by atoms with Gasteiger partial charge in [-0.1, -0.05) is 24.3 Å². The van der Waals surface area contributed by atoms with Gasteiger partial charge in [0.25, 0.3) is 0 Å². The van der Waals surface area contributed by atoms with Crippen LogP contribution in [0.3, 0.4) is 0 Å². The number of nitrogens with zero attached hydrogens (tertiary/aromatic N) is 3. The van der Waals surface area contributed by atoms with Gasteiger partial charge in [-0.2, -0.15) is 0 Å². The first-order valence-electron chi connectivity index (χ1n) is 10.7. The molecule has 2 heterocycles. The molecule has 0 amide bonds. The Hall–Kier alpha value is -2.63. The summed E-state index contributed by atoms with van der Waals surface area (Å²) in [6.45, 7) is 5.32. The number of pyridine rings is 1. The molecule has 2 aromatic rings. The number of hydrogen-bond donors (Lipinski definition) is 2. The zero-order valence-corrected chi connectivity index (χ0v) is 16.8. The Morgan fingerprint density at radius 2 is 2.17 bits per heavy atom. The number of fused-ring (bicyclic) bond motifs is 3. The number of aliphatic imine (C=N–C) groups is 1. The van der Waals surface area contributed by atoms with E-state index < -0.39 is 0 Å². The van der Waals surface area contributed by atoms with Crippen LogP contribution in [0, 0.1) is 17.7 Å².